The fourth-order valence-electron chi connectivity index (χ4n) is 2.12. The Morgan fingerprint density at radius 3 is 2.65 bits per heavy atom. The summed E-state index contributed by atoms with van der Waals surface area (Å²) in [6.45, 7) is 1.70. The normalized spacial score (nSPS) is 10.5. The molecule has 0 spiro atoms. The fourth-order valence-corrected chi connectivity index (χ4v) is 2.25. The van der Waals surface area contributed by atoms with E-state index >= 15 is 0 Å². The van der Waals surface area contributed by atoms with Gasteiger partial charge in [0.25, 0.3) is 0 Å². The highest BCUT2D eigenvalue weighted by molar-refractivity contribution is 6.30. The Morgan fingerprint density at radius 1 is 1.09 bits per heavy atom. The van der Waals surface area contributed by atoms with Gasteiger partial charge in [0.05, 0.1) is 0 Å². The summed E-state index contributed by atoms with van der Waals surface area (Å²) in [5.74, 6) is 0.491. The molecule has 0 bridgehead atoms. The molecule has 1 aromatic heterocycles. The topological polar surface area (TPSA) is 48.4 Å². The first-order valence-corrected chi connectivity index (χ1v) is 7.45. The number of aryl methyl sites for hydroxylation is 1. The number of ether oxygens (including phenoxy) is 2. The van der Waals surface area contributed by atoms with Gasteiger partial charge in [-0.3, -0.25) is 0 Å². The van der Waals surface area contributed by atoms with Gasteiger partial charge in [-0.25, -0.2) is 9.78 Å². The van der Waals surface area contributed by atoms with Crippen LogP contribution in [0.15, 0.2) is 54.6 Å². The monoisotopic (exact) mass is 327 g/mol. The van der Waals surface area contributed by atoms with Crippen LogP contribution in [0.5, 0.6) is 11.5 Å². The van der Waals surface area contributed by atoms with Gasteiger partial charge in [-0.05, 0) is 43.3 Å². The molecule has 0 aliphatic carbocycles. The number of benzene rings is 2. The third-order valence-corrected chi connectivity index (χ3v) is 3.47. The summed E-state index contributed by atoms with van der Waals surface area (Å²) < 4.78 is 10.8. The molecule has 23 heavy (non-hydrogen) atoms. The summed E-state index contributed by atoms with van der Waals surface area (Å²) in [6.07, 6.45) is 0. The van der Waals surface area contributed by atoms with Gasteiger partial charge in [-0.2, -0.15) is 0 Å². The van der Waals surface area contributed by atoms with Gasteiger partial charge in [-0.15, -0.1) is 0 Å². The maximum Gasteiger partial charge on any atom is 0.349 e. The predicted octanol–water partition coefficient (Wildman–Crippen LogP) is 4.18. The molecule has 116 valence electrons. The van der Waals surface area contributed by atoms with Gasteiger partial charge in [0.2, 0.25) is 0 Å². The molecular formula is C18H14ClNO3. The maximum atomic E-state index is 12.0. The first kappa shape index (κ1) is 15.3. The van der Waals surface area contributed by atoms with Crippen LogP contribution in [0.25, 0.3) is 10.9 Å². The summed E-state index contributed by atoms with van der Waals surface area (Å²) in [7, 11) is 0. The van der Waals surface area contributed by atoms with E-state index in [0.717, 1.165) is 11.1 Å². The molecule has 0 unspecified atom stereocenters. The number of hydrogen-bond acceptors (Lipinski definition) is 4. The molecule has 1 heterocycles. The van der Waals surface area contributed by atoms with Crippen molar-refractivity contribution in [2.75, 3.05) is 6.61 Å². The molecule has 5 heteroatoms. The van der Waals surface area contributed by atoms with Crippen molar-refractivity contribution in [3.05, 3.63) is 65.3 Å². The van der Waals surface area contributed by atoms with Gasteiger partial charge in [-0.1, -0.05) is 29.8 Å². The highest BCUT2D eigenvalue weighted by Gasteiger charge is 2.10. The van der Waals surface area contributed by atoms with E-state index < -0.39 is 5.97 Å². The summed E-state index contributed by atoms with van der Waals surface area (Å²) in [4.78, 5) is 16.4. The zero-order valence-electron chi connectivity index (χ0n) is 12.5. The summed E-state index contributed by atoms with van der Waals surface area (Å²) in [5, 5.41) is 1.52. The van der Waals surface area contributed by atoms with Gasteiger partial charge < -0.3 is 9.47 Å². The van der Waals surface area contributed by atoms with Crippen molar-refractivity contribution >= 4 is 28.5 Å². The molecule has 0 fully saturated rings. The van der Waals surface area contributed by atoms with Crippen LogP contribution < -0.4 is 9.47 Å². The number of rotatable bonds is 4. The molecule has 3 rings (SSSR count). The molecule has 3 aromatic rings. The van der Waals surface area contributed by atoms with Crippen LogP contribution in [0.2, 0.25) is 5.02 Å². The fraction of sp³-hybridized carbons (Fsp3) is 0.111. The number of aromatic nitrogens is 1. The highest BCUT2D eigenvalue weighted by atomic mass is 35.5. The largest absolute Gasteiger partial charge is 0.482 e. The lowest BCUT2D eigenvalue weighted by atomic mass is 10.2. The number of carbonyl (C=O) groups excluding carboxylic acids is 1. The van der Waals surface area contributed by atoms with Crippen molar-refractivity contribution in [1.29, 1.82) is 0 Å². The first-order chi connectivity index (χ1) is 11.1. The molecule has 0 radical (unpaired) electrons. The van der Waals surface area contributed by atoms with Crippen LogP contribution in [0, 0.1) is 6.92 Å². The van der Waals surface area contributed by atoms with Crippen LogP contribution in [-0.4, -0.2) is 17.6 Å². The molecule has 0 aliphatic heterocycles. The van der Waals surface area contributed by atoms with E-state index in [2.05, 4.69) is 4.98 Å². The lowest BCUT2D eigenvalue weighted by molar-refractivity contribution is -0.136. The van der Waals surface area contributed by atoms with Crippen LogP contribution in [0.3, 0.4) is 0 Å². The Labute approximate surface area is 138 Å². The Balaban J connectivity index is 1.70. The summed E-state index contributed by atoms with van der Waals surface area (Å²) >= 11 is 5.80. The van der Waals surface area contributed by atoms with E-state index in [0.29, 0.717) is 22.0 Å². The minimum absolute atomic E-state index is 0.191. The quantitative estimate of drug-likeness (QED) is 0.533. The average Bonchev–Trinajstić information content (AvgIpc) is 2.55. The molecule has 0 aliphatic rings. The first-order valence-electron chi connectivity index (χ1n) is 7.07. The van der Waals surface area contributed by atoms with Gasteiger partial charge in [0.15, 0.2) is 12.4 Å². The number of pyridine rings is 1. The molecular weight excluding hydrogens is 314 g/mol. The van der Waals surface area contributed by atoms with Gasteiger partial charge >= 0.3 is 5.97 Å². The predicted molar refractivity (Wildman–Crippen MR) is 89.1 cm³/mol. The maximum absolute atomic E-state index is 12.0. The van der Waals surface area contributed by atoms with Crippen molar-refractivity contribution < 1.29 is 14.3 Å². The van der Waals surface area contributed by atoms with E-state index in [9.17, 15) is 4.79 Å². The van der Waals surface area contributed by atoms with Crippen LogP contribution in [0.1, 0.15) is 5.69 Å². The van der Waals surface area contributed by atoms with Crippen molar-refractivity contribution in [2.24, 2.45) is 0 Å². The summed E-state index contributed by atoms with van der Waals surface area (Å²) in [5.41, 5.74) is 1.52. The molecule has 0 N–H and O–H groups in total. The van der Waals surface area contributed by atoms with E-state index in [1.807, 2.05) is 31.2 Å². The average molecular weight is 328 g/mol. The Morgan fingerprint density at radius 2 is 1.87 bits per heavy atom. The minimum Gasteiger partial charge on any atom is -0.482 e. The zero-order valence-corrected chi connectivity index (χ0v) is 13.2. The van der Waals surface area contributed by atoms with Crippen LogP contribution in [0.4, 0.5) is 0 Å². The number of para-hydroxylation sites is 1. The lowest BCUT2D eigenvalue weighted by Gasteiger charge is -2.09. The zero-order chi connectivity index (χ0) is 16.2. The molecule has 0 saturated carbocycles. The van der Waals surface area contributed by atoms with E-state index in [1.54, 1.807) is 30.3 Å². The lowest BCUT2D eigenvalue weighted by Crippen LogP contribution is -2.17. The smallest absolute Gasteiger partial charge is 0.349 e. The number of fused-ring (bicyclic) bond motifs is 1. The van der Waals surface area contributed by atoms with Gasteiger partial charge in [0.1, 0.15) is 11.3 Å². The van der Waals surface area contributed by atoms with Crippen molar-refractivity contribution in [3.63, 3.8) is 0 Å². The van der Waals surface area contributed by atoms with Crippen molar-refractivity contribution in [2.45, 2.75) is 6.92 Å². The number of carbonyl (C=O) groups is 1. The standard InChI is InChI=1S/C18H14ClNO3/c1-12-5-6-13-3-2-4-16(18(13)20-12)23-17(21)11-22-15-9-7-14(19)8-10-15/h2-10H,11H2,1H3. The molecule has 0 amide bonds. The van der Waals surface area contributed by atoms with Crippen molar-refractivity contribution in [3.8, 4) is 11.5 Å². The van der Waals surface area contributed by atoms with E-state index in [1.165, 1.54) is 0 Å². The third-order valence-electron chi connectivity index (χ3n) is 3.22. The van der Waals surface area contributed by atoms with Crippen molar-refractivity contribution in [1.82, 2.24) is 4.98 Å². The summed E-state index contributed by atoms with van der Waals surface area (Å²) in [6, 6.07) is 16.1. The SMILES string of the molecule is Cc1ccc2cccc(OC(=O)COc3ccc(Cl)cc3)c2n1. The molecule has 2 aromatic carbocycles. The number of hydrogen-bond donors (Lipinski definition) is 0. The number of halogens is 1. The van der Waals surface area contributed by atoms with Crippen LogP contribution >= 0.6 is 11.6 Å². The Hall–Kier alpha value is -2.59. The second kappa shape index (κ2) is 6.67. The molecule has 0 atom stereocenters. The van der Waals surface area contributed by atoms with E-state index in [-0.39, 0.29) is 6.61 Å². The third kappa shape index (κ3) is 3.79. The van der Waals surface area contributed by atoms with Gasteiger partial charge in [0, 0.05) is 16.1 Å². The minimum atomic E-state index is -0.490. The van der Waals surface area contributed by atoms with E-state index in [4.69, 9.17) is 21.1 Å². The number of nitrogens with zero attached hydrogens (tertiary/aromatic N) is 1. The second-order valence-corrected chi connectivity index (χ2v) is 5.43. The Bertz CT molecular complexity index is 847. The Kier molecular flexibility index (Phi) is 4.44. The molecule has 4 nitrogen and oxygen atoms in total. The van der Waals surface area contributed by atoms with Crippen LogP contribution in [-0.2, 0) is 4.79 Å². The molecule has 0 saturated heterocycles. The number of esters is 1. The highest BCUT2D eigenvalue weighted by Crippen LogP contribution is 2.24. The second-order valence-electron chi connectivity index (χ2n) is 5.00.